The van der Waals surface area contributed by atoms with Crippen LogP contribution in [0.25, 0.3) is 0 Å². The molecule has 1 aliphatic heterocycles. The third-order valence-electron chi connectivity index (χ3n) is 4.41. The SMILES string of the molecule is O=C(NCCc1ccc(C2CCNC2)cc1)OCc1ccccc1. The van der Waals surface area contributed by atoms with Crippen molar-refractivity contribution in [3.8, 4) is 0 Å². The molecule has 4 nitrogen and oxygen atoms in total. The van der Waals surface area contributed by atoms with Crippen LogP contribution in [0.1, 0.15) is 29.0 Å². The molecule has 1 heterocycles. The minimum Gasteiger partial charge on any atom is -0.445 e. The van der Waals surface area contributed by atoms with E-state index in [0.29, 0.717) is 19.1 Å². The molecule has 0 spiro atoms. The van der Waals surface area contributed by atoms with Gasteiger partial charge in [-0.05, 0) is 42.0 Å². The molecule has 0 saturated carbocycles. The van der Waals surface area contributed by atoms with E-state index in [1.807, 2.05) is 30.3 Å². The summed E-state index contributed by atoms with van der Waals surface area (Å²) in [5.41, 5.74) is 3.62. The molecule has 1 amide bonds. The van der Waals surface area contributed by atoms with Crippen molar-refractivity contribution in [2.45, 2.75) is 25.4 Å². The molecule has 1 unspecified atom stereocenters. The lowest BCUT2D eigenvalue weighted by Gasteiger charge is -2.10. The zero-order valence-corrected chi connectivity index (χ0v) is 13.8. The number of alkyl carbamates (subject to hydrolysis) is 1. The van der Waals surface area contributed by atoms with Crippen molar-refractivity contribution in [3.05, 3.63) is 71.3 Å². The topological polar surface area (TPSA) is 50.4 Å². The maximum atomic E-state index is 11.7. The summed E-state index contributed by atoms with van der Waals surface area (Å²) in [6.07, 6.45) is 1.66. The van der Waals surface area contributed by atoms with Crippen LogP contribution in [0.4, 0.5) is 4.79 Å². The Morgan fingerprint density at radius 1 is 1.08 bits per heavy atom. The molecule has 0 aliphatic carbocycles. The smallest absolute Gasteiger partial charge is 0.407 e. The van der Waals surface area contributed by atoms with Gasteiger partial charge in [-0.1, -0.05) is 54.6 Å². The van der Waals surface area contributed by atoms with E-state index in [4.69, 9.17) is 4.74 Å². The van der Waals surface area contributed by atoms with E-state index >= 15 is 0 Å². The van der Waals surface area contributed by atoms with Crippen LogP contribution in [0.5, 0.6) is 0 Å². The van der Waals surface area contributed by atoms with Gasteiger partial charge in [0.05, 0.1) is 0 Å². The molecule has 2 N–H and O–H groups in total. The molecule has 2 aromatic carbocycles. The van der Waals surface area contributed by atoms with E-state index in [1.54, 1.807) is 0 Å². The van der Waals surface area contributed by atoms with Gasteiger partial charge < -0.3 is 15.4 Å². The van der Waals surface area contributed by atoms with Gasteiger partial charge in [-0.3, -0.25) is 0 Å². The highest BCUT2D eigenvalue weighted by Gasteiger charge is 2.15. The summed E-state index contributed by atoms with van der Waals surface area (Å²) in [5.74, 6) is 0.644. The summed E-state index contributed by atoms with van der Waals surface area (Å²) < 4.78 is 5.20. The Kier molecular flexibility index (Phi) is 5.85. The Balaban J connectivity index is 1.37. The number of hydrogen-bond donors (Lipinski definition) is 2. The van der Waals surface area contributed by atoms with E-state index in [2.05, 4.69) is 34.9 Å². The van der Waals surface area contributed by atoms with Gasteiger partial charge >= 0.3 is 6.09 Å². The van der Waals surface area contributed by atoms with Crippen molar-refractivity contribution < 1.29 is 9.53 Å². The maximum Gasteiger partial charge on any atom is 0.407 e. The van der Waals surface area contributed by atoms with Crippen molar-refractivity contribution in [3.63, 3.8) is 0 Å². The van der Waals surface area contributed by atoms with Crippen LogP contribution in [-0.2, 0) is 17.8 Å². The van der Waals surface area contributed by atoms with Gasteiger partial charge in [0.1, 0.15) is 6.61 Å². The van der Waals surface area contributed by atoms with Gasteiger partial charge in [0.25, 0.3) is 0 Å². The lowest BCUT2D eigenvalue weighted by molar-refractivity contribution is 0.140. The first-order valence-corrected chi connectivity index (χ1v) is 8.55. The predicted molar refractivity (Wildman–Crippen MR) is 95.0 cm³/mol. The normalized spacial score (nSPS) is 16.8. The molecule has 0 aromatic heterocycles. The lowest BCUT2D eigenvalue weighted by Crippen LogP contribution is -2.26. The Bertz CT molecular complexity index is 634. The van der Waals surface area contributed by atoms with Crippen molar-refractivity contribution >= 4 is 6.09 Å². The second-order valence-corrected chi connectivity index (χ2v) is 6.17. The van der Waals surface area contributed by atoms with Gasteiger partial charge in [0, 0.05) is 13.1 Å². The van der Waals surface area contributed by atoms with Crippen LogP contribution in [0.15, 0.2) is 54.6 Å². The van der Waals surface area contributed by atoms with Gasteiger partial charge in [-0.25, -0.2) is 4.79 Å². The second-order valence-electron chi connectivity index (χ2n) is 6.17. The summed E-state index contributed by atoms with van der Waals surface area (Å²) in [6, 6.07) is 18.4. The van der Waals surface area contributed by atoms with Crippen molar-refractivity contribution in [2.24, 2.45) is 0 Å². The molecular formula is C20H24N2O2. The summed E-state index contributed by atoms with van der Waals surface area (Å²) in [5, 5.41) is 6.19. The summed E-state index contributed by atoms with van der Waals surface area (Å²) >= 11 is 0. The fraction of sp³-hybridized carbons (Fsp3) is 0.350. The standard InChI is InChI=1S/C20H24N2O2/c23-20(24-15-17-4-2-1-3-5-17)22-13-10-16-6-8-18(9-7-16)19-11-12-21-14-19/h1-9,19,21H,10-15H2,(H,22,23). The number of nitrogens with one attached hydrogen (secondary N) is 2. The number of rotatable bonds is 6. The van der Waals surface area contributed by atoms with Gasteiger partial charge in [-0.2, -0.15) is 0 Å². The molecule has 1 saturated heterocycles. The maximum absolute atomic E-state index is 11.7. The van der Waals surface area contributed by atoms with Gasteiger partial charge in [-0.15, -0.1) is 0 Å². The summed E-state index contributed by atoms with van der Waals surface area (Å²) in [6.45, 7) is 3.07. The number of ether oxygens (including phenoxy) is 1. The molecular weight excluding hydrogens is 300 g/mol. The average molecular weight is 324 g/mol. The van der Waals surface area contributed by atoms with Gasteiger partial charge in [0.15, 0.2) is 0 Å². The molecule has 2 aromatic rings. The van der Waals surface area contributed by atoms with E-state index < -0.39 is 0 Å². The van der Waals surface area contributed by atoms with Crippen LogP contribution in [0, 0.1) is 0 Å². The molecule has 0 bridgehead atoms. The molecule has 1 atom stereocenters. The Morgan fingerprint density at radius 2 is 1.88 bits per heavy atom. The van der Waals surface area contributed by atoms with Crippen LogP contribution >= 0.6 is 0 Å². The first-order chi connectivity index (χ1) is 11.8. The molecule has 1 aliphatic rings. The first kappa shape index (κ1) is 16.5. The largest absolute Gasteiger partial charge is 0.445 e. The monoisotopic (exact) mass is 324 g/mol. The highest BCUT2D eigenvalue weighted by Crippen LogP contribution is 2.22. The second kappa shape index (κ2) is 8.50. The first-order valence-electron chi connectivity index (χ1n) is 8.55. The van der Waals surface area contributed by atoms with E-state index in [9.17, 15) is 4.79 Å². The number of benzene rings is 2. The van der Waals surface area contributed by atoms with Crippen molar-refractivity contribution in [2.75, 3.05) is 19.6 Å². The van der Waals surface area contributed by atoms with Gasteiger partial charge in [0.2, 0.25) is 0 Å². The Labute approximate surface area is 143 Å². The predicted octanol–water partition coefficient (Wildman–Crippen LogP) is 3.23. The Morgan fingerprint density at radius 3 is 2.58 bits per heavy atom. The minimum absolute atomic E-state index is 0.302. The molecule has 126 valence electrons. The van der Waals surface area contributed by atoms with E-state index in [0.717, 1.165) is 25.1 Å². The van der Waals surface area contributed by atoms with Crippen LogP contribution in [0.2, 0.25) is 0 Å². The fourth-order valence-corrected chi connectivity index (χ4v) is 2.98. The van der Waals surface area contributed by atoms with Crippen molar-refractivity contribution in [1.82, 2.24) is 10.6 Å². The number of hydrogen-bond acceptors (Lipinski definition) is 3. The highest BCUT2D eigenvalue weighted by atomic mass is 16.5. The van der Waals surface area contributed by atoms with Crippen molar-refractivity contribution in [1.29, 1.82) is 0 Å². The number of carbonyl (C=O) groups excluding carboxylic acids is 1. The zero-order valence-electron chi connectivity index (χ0n) is 13.8. The Hall–Kier alpha value is -2.33. The number of amides is 1. The fourth-order valence-electron chi connectivity index (χ4n) is 2.98. The highest BCUT2D eigenvalue weighted by molar-refractivity contribution is 5.67. The molecule has 3 rings (SSSR count). The van der Waals surface area contributed by atoms with Crippen LogP contribution < -0.4 is 10.6 Å². The van der Waals surface area contributed by atoms with E-state index in [1.165, 1.54) is 17.5 Å². The average Bonchev–Trinajstić information content (AvgIpc) is 3.16. The third-order valence-corrected chi connectivity index (χ3v) is 4.41. The van der Waals surface area contributed by atoms with Crippen LogP contribution in [-0.4, -0.2) is 25.7 Å². The quantitative estimate of drug-likeness (QED) is 0.858. The lowest BCUT2D eigenvalue weighted by atomic mass is 9.97. The molecule has 4 heteroatoms. The molecule has 1 fully saturated rings. The molecule has 24 heavy (non-hydrogen) atoms. The zero-order chi connectivity index (χ0) is 16.6. The summed E-state index contributed by atoms with van der Waals surface area (Å²) in [7, 11) is 0. The molecule has 0 radical (unpaired) electrons. The number of carbonyl (C=O) groups is 1. The minimum atomic E-state index is -0.368. The summed E-state index contributed by atoms with van der Waals surface area (Å²) in [4.78, 5) is 11.7. The van der Waals surface area contributed by atoms with E-state index in [-0.39, 0.29) is 6.09 Å². The van der Waals surface area contributed by atoms with Crippen LogP contribution in [0.3, 0.4) is 0 Å². The third kappa shape index (κ3) is 4.83.